The van der Waals surface area contributed by atoms with Crippen molar-refractivity contribution < 1.29 is 8.42 Å². The lowest BCUT2D eigenvalue weighted by Crippen LogP contribution is -2.25. The maximum Gasteiger partial charge on any atom is 0.250 e. The van der Waals surface area contributed by atoms with Gasteiger partial charge in [-0.15, -0.1) is 11.3 Å². The van der Waals surface area contributed by atoms with Crippen molar-refractivity contribution in [3.63, 3.8) is 0 Å². The van der Waals surface area contributed by atoms with E-state index in [1.165, 1.54) is 11.3 Å². The van der Waals surface area contributed by atoms with Crippen LogP contribution in [0, 0.1) is 0 Å². The highest BCUT2D eigenvalue weighted by Gasteiger charge is 2.15. The Labute approximate surface area is 111 Å². The Balaban J connectivity index is 2.61. The van der Waals surface area contributed by atoms with Crippen molar-refractivity contribution in [2.45, 2.75) is 10.6 Å². The van der Waals surface area contributed by atoms with Crippen LogP contribution < -0.4 is 10.0 Å². The van der Waals surface area contributed by atoms with E-state index in [0.29, 0.717) is 10.8 Å². The van der Waals surface area contributed by atoms with Gasteiger partial charge in [0.05, 0.1) is 0 Å². The Morgan fingerprint density at radius 3 is 2.76 bits per heavy atom. The van der Waals surface area contributed by atoms with Gasteiger partial charge in [-0.1, -0.05) is 0 Å². The minimum atomic E-state index is -3.30. The molecule has 0 aliphatic rings. The Hall–Kier alpha value is -0.0800. The minimum absolute atomic E-state index is 0.407. The molecule has 0 saturated carbocycles. The number of likely N-dealkylation sites (N-methyl/N-ethyl adjacent to an activating group) is 1. The third-order valence-electron chi connectivity index (χ3n) is 2.12. The summed E-state index contributed by atoms with van der Waals surface area (Å²) in [6.45, 7) is 1.34. The summed E-state index contributed by atoms with van der Waals surface area (Å²) in [6, 6.07) is 3.56. The molecule has 0 atom stereocenters. The Morgan fingerprint density at radius 2 is 2.12 bits per heavy atom. The molecular formula is C10H18N2O2S3. The number of rotatable bonds is 8. The molecule has 0 unspecified atom stereocenters. The van der Waals surface area contributed by atoms with Gasteiger partial charge in [-0.25, -0.2) is 13.1 Å². The van der Waals surface area contributed by atoms with Crippen LogP contribution in [0.1, 0.15) is 4.88 Å². The average Bonchev–Trinajstić information content (AvgIpc) is 2.76. The molecule has 1 aromatic heterocycles. The van der Waals surface area contributed by atoms with E-state index in [1.807, 2.05) is 19.4 Å². The van der Waals surface area contributed by atoms with Crippen LogP contribution in [0.15, 0.2) is 16.3 Å². The predicted octanol–water partition coefficient (Wildman–Crippen LogP) is 1.15. The zero-order valence-corrected chi connectivity index (χ0v) is 12.5. The van der Waals surface area contributed by atoms with Crippen LogP contribution in [0.25, 0.3) is 0 Å². The van der Waals surface area contributed by atoms with E-state index >= 15 is 0 Å². The largest absolute Gasteiger partial charge is 0.319 e. The van der Waals surface area contributed by atoms with Gasteiger partial charge in [-0.2, -0.15) is 11.8 Å². The zero-order valence-electron chi connectivity index (χ0n) is 10.0. The molecule has 0 bridgehead atoms. The van der Waals surface area contributed by atoms with E-state index in [-0.39, 0.29) is 0 Å². The summed E-state index contributed by atoms with van der Waals surface area (Å²) < 4.78 is 26.7. The van der Waals surface area contributed by atoms with E-state index in [4.69, 9.17) is 0 Å². The summed E-state index contributed by atoms with van der Waals surface area (Å²) >= 11 is 2.96. The Bertz CT molecular complexity index is 429. The topological polar surface area (TPSA) is 58.2 Å². The van der Waals surface area contributed by atoms with E-state index in [2.05, 4.69) is 10.0 Å². The van der Waals surface area contributed by atoms with Gasteiger partial charge in [0.1, 0.15) is 4.21 Å². The molecule has 1 aromatic rings. The Kier molecular flexibility index (Phi) is 6.50. The first kappa shape index (κ1) is 15.0. The highest BCUT2D eigenvalue weighted by Crippen LogP contribution is 2.21. The quantitative estimate of drug-likeness (QED) is 0.706. The van der Waals surface area contributed by atoms with E-state index in [9.17, 15) is 8.42 Å². The van der Waals surface area contributed by atoms with Crippen molar-refractivity contribution in [2.75, 3.05) is 32.1 Å². The van der Waals surface area contributed by atoms with Gasteiger partial charge in [0.15, 0.2) is 0 Å². The molecule has 0 fully saturated rings. The molecule has 0 spiro atoms. The van der Waals surface area contributed by atoms with Gasteiger partial charge in [-0.05, 0) is 38.4 Å². The molecule has 0 aromatic carbocycles. The highest BCUT2D eigenvalue weighted by atomic mass is 32.2. The number of nitrogens with one attached hydrogen (secondary N) is 2. The van der Waals surface area contributed by atoms with Gasteiger partial charge < -0.3 is 5.32 Å². The first-order chi connectivity index (χ1) is 8.10. The molecular weight excluding hydrogens is 276 g/mol. The second-order valence-electron chi connectivity index (χ2n) is 3.46. The number of hydrogen-bond acceptors (Lipinski definition) is 5. The standard InChI is InChI=1S/C10H18N2O2S3/c1-11-6-5-9-3-4-10(16-9)17(13,14)12-7-8-15-2/h3-4,11-12H,5-8H2,1-2H3. The van der Waals surface area contributed by atoms with Crippen LogP contribution in [0.4, 0.5) is 0 Å². The molecule has 0 saturated heterocycles. The molecule has 0 aliphatic carbocycles. The van der Waals surface area contributed by atoms with Gasteiger partial charge in [-0.3, -0.25) is 0 Å². The summed E-state index contributed by atoms with van der Waals surface area (Å²) in [5.74, 6) is 0.789. The zero-order chi connectivity index (χ0) is 12.7. The SMILES string of the molecule is CNCCc1ccc(S(=O)(=O)NCCSC)s1. The molecule has 0 radical (unpaired) electrons. The van der Waals surface area contributed by atoms with Crippen molar-refractivity contribution in [1.29, 1.82) is 0 Å². The third kappa shape index (κ3) is 4.97. The lowest BCUT2D eigenvalue weighted by atomic mass is 10.3. The van der Waals surface area contributed by atoms with Crippen molar-refractivity contribution in [1.82, 2.24) is 10.0 Å². The van der Waals surface area contributed by atoms with Crippen LogP contribution in [0.2, 0.25) is 0 Å². The van der Waals surface area contributed by atoms with E-state index < -0.39 is 10.0 Å². The van der Waals surface area contributed by atoms with E-state index in [1.54, 1.807) is 17.8 Å². The predicted molar refractivity (Wildman–Crippen MR) is 75.5 cm³/mol. The van der Waals surface area contributed by atoms with Crippen LogP contribution in [-0.2, 0) is 16.4 Å². The number of thiophene rings is 1. The number of thioether (sulfide) groups is 1. The summed E-state index contributed by atoms with van der Waals surface area (Å²) in [5.41, 5.74) is 0. The normalized spacial score (nSPS) is 11.9. The molecule has 7 heteroatoms. The smallest absolute Gasteiger partial charge is 0.250 e. The first-order valence-electron chi connectivity index (χ1n) is 5.32. The number of hydrogen-bond donors (Lipinski definition) is 2. The molecule has 2 N–H and O–H groups in total. The lowest BCUT2D eigenvalue weighted by Gasteiger charge is -2.02. The molecule has 1 heterocycles. The van der Waals surface area contributed by atoms with Crippen LogP contribution in [0.5, 0.6) is 0 Å². The van der Waals surface area contributed by atoms with Crippen molar-refractivity contribution >= 4 is 33.1 Å². The summed E-state index contributed by atoms with van der Waals surface area (Å²) in [4.78, 5) is 1.09. The maximum absolute atomic E-state index is 11.9. The molecule has 0 amide bonds. The fraction of sp³-hybridized carbons (Fsp3) is 0.600. The Morgan fingerprint density at radius 1 is 1.35 bits per heavy atom. The minimum Gasteiger partial charge on any atom is -0.319 e. The summed E-state index contributed by atoms with van der Waals surface area (Å²) in [7, 11) is -1.42. The fourth-order valence-corrected chi connectivity index (χ4v) is 4.10. The van der Waals surface area contributed by atoms with Gasteiger partial charge >= 0.3 is 0 Å². The summed E-state index contributed by atoms with van der Waals surface area (Å²) in [5, 5.41) is 3.04. The number of sulfonamides is 1. The molecule has 17 heavy (non-hydrogen) atoms. The van der Waals surface area contributed by atoms with Crippen LogP contribution >= 0.6 is 23.1 Å². The van der Waals surface area contributed by atoms with Gasteiger partial charge in [0.25, 0.3) is 0 Å². The second kappa shape index (κ2) is 7.38. The van der Waals surface area contributed by atoms with Crippen LogP contribution in [-0.4, -0.2) is 40.6 Å². The maximum atomic E-state index is 11.9. The third-order valence-corrected chi connectivity index (χ3v) is 5.83. The van der Waals surface area contributed by atoms with E-state index in [0.717, 1.165) is 23.6 Å². The monoisotopic (exact) mass is 294 g/mol. The van der Waals surface area contributed by atoms with Gasteiger partial charge in [0.2, 0.25) is 10.0 Å². The van der Waals surface area contributed by atoms with Crippen molar-refractivity contribution in [3.05, 3.63) is 17.0 Å². The summed E-state index contributed by atoms with van der Waals surface area (Å²) in [6.07, 6.45) is 2.82. The molecule has 98 valence electrons. The average molecular weight is 294 g/mol. The first-order valence-corrected chi connectivity index (χ1v) is 9.01. The highest BCUT2D eigenvalue weighted by molar-refractivity contribution is 7.98. The molecule has 1 rings (SSSR count). The fourth-order valence-electron chi connectivity index (χ4n) is 1.23. The van der Waals surface area contributed by atoms with Crippen molar-refractivity contribution in [2.24, 2.45) is 0 Å². The molecule has 0 aliphatic heterocycles. The van der Waals surface area contributed by atoms with Crippen molar-refractivity contribution in [3.8, 4) is 0 Å². The second-order valence-corrected chi connectivity index (χ2v) is 7.61. The van der Waals surface area contributed by atoms with Gasteiger partial charge in [0, 0.05) is 17.2 Å². The molecule has 4 nitrogen and oxygen atoms in total. The lowest BCUT2D eigenvalue weighted by molar-refractivity contribution is 0.586. The van der Waals surface area contributed by atoms with Crippen LogP contribution in [0.3, 0.4) is 0 Å².